The Balaban J connectivity index is 1.30. The number of carbonyl (C=O) groups is 2. The standard InChI is InChI=1S/C28H22O6/c1-17-20(13-19-5-3-4-6-25(19)33-17)14-27-28(30)23-12-11-22(15-26(23)34-27)32-16-24(29)18-7-9-21(31-2)10-8-18/h3-15,17H,16H2,1-2H3. The highest BCUT2D eigenvalue weighted by Gasteiger charge is 2.29. The first-order valence-corrected chi connectivity index (χ1v) is 10.9. The Morgan fingerprint density at radius 1 is 1.00 bits per heavy atom. The van der Waals surface area contributed by atoms with Gasteiger partial charge >= 0.3 is 0 Å². The van der Waals surface area contributed by atoms with Gasteiger partial charge in [0.05, 0.1) is 12.7 Å². The second kappa shape index (κ2) is 8.90. The van der Waals surface area contributed by atoms with Crippen molar-refractivity contribution in [2.45, 2.75) is 13.0 Å². The second-order valence-electron chi connectivity index (χ2n) is 7.98. The number of methoxy groups -OCH3 is 1. The maximum absolute atomic E-state index is 12.9. The summed E-state index contributed by atoms with van der Waals surface area (Å²) in [6, 6.07) is 19.5. The summed E-state index contributed by atoms with van der Waals surface area (Å²) in [5.41, 5.74) is 2.77. The van der Waals surface area contributed by atoms with E-state index >= 15 is 0 Å². The normalized spacial score (nSPS) is 17.2. The predicted octanol–water partition coefficient (Wildman–Crippen LogP) is 5.28. The molecule has 0 N–H and O–H groups in total. The average Bonchev–Trinajstić information content (AvgIpc) is 3.17. The SMILES string of the molecule is COc1ccc(C(=O)COc2ccc3c(c2)OC(=CC2=Cc4ccccc4OC2C)C3=O)cc1. The van der Waals surface area contributed by atoms with Crippen LogP contribution in [0.5, 0.6) is 23.0 Å². The highest BCUT2D eigenvalue weighted by atomic mass is 16.5. The van der Waals surface area contributed by atoms with Crippen molar-refractivity contribution in [2.75, 3.05) is 13.7 Å². The summed E-state index contributed by atoms with van der Waals surface area (Å²) >= 11 is 0. The molecule has 0 fully saturated rings. The third-order valence-electron chi connectivity index (χ3n) is 5.74. The zero-order valence-corrected chi connectivity index (χ0v) is 18.7. The van der Waals surface area contributed by atoms with E-state index in [1.807, 2.05) is 37.3 Å². The number of hydrogen-bond donors (Lipinski definition) is 0. The number of ether oxygens (including phenoxy) is 4. The number of fused-ring (bicyclic) bond motifs is 2. The minimum absolute atomic E-state index is 0.136. The first kappa shape index (κ1) is 21.5. The van der Waals surface area contributed by atoms with Gasteiger partial charge < -0.3 is 18.9 Å². The zero-order chi connectivity index (χ0) is 23.7. The van der Waals surface area contributed by atoms with Crippen LogP contribution in [-0.4, -0.2) is 31.4 Å². The molecule has 3 aromatic carbocycles. The van der Waals surface area contributed by atoms with Gasteiger partial charge in [-0.3, -0.25) is 9.59 Å². The maximum Gasteiger partial charge on any atom is 0.231 e. The number of rotatable bonds is 6. The second-order valence-corrected chi connectivity index (χ2v) is 7.98. The Morgan fingerprint density at radius 3 is 2.56 bits per heavy atom. The van der Waals surface area contributed by atoms with E-state index < -0.39 is 0 Å². The number of carbonyl (C=O) groups excluding carboxylic acids is 2. The molecule has 170 valence electrons. The van der Waals surface area contributed by atoms with Crippen LogP contribution in [0.2, 0.25) is 0 Å². The van der Waals surface area contributed by atoms with Crippen LogP contribution < -0.4 is 18.9 Å². The predicted molar refractivity (Wildman–Crippen MR) is 127 cm³/mol. The topological polar surface area (TPSA) is 71.1 Å². The Bertz CT molecular complexity index is 1330. The minimum Gasteiger partial charge on any atom is -0.497 e. The Labute approximate surface area is 197 Å². The fraction of sp³-hybridized carbons (Fsp3) is 0.143. The summed E-state index contributed by atoms with van der Waals surface area (Å²) in [7, 11) is 1.57. The summed E-state index contributed by atoms with van der Waals surface area (Å²) in [5.74, 6) is 2.18. The fourth-order valence-electron chi connectivity index (χ4n) is 3.84. The molecule has 5 rings (SSSR count). The number of hydrogen-bond acceptors (Lipinski definition) is 6. The first-order valence-electron chi connectivity index (χ1n) is 10.9. The molecule has 6 heteroatoms. The Kier molecular flexibility index (Phi) is 5.64. The lowest BCUT2D eigenvalue weighted by Crippen LogP contribution is -2.18. The van der Waals surface area contributed by atoms with E-state index in [-0.39, 0.29) is 30.0 Å². The summed E-state index contributed by atoms with van der Waals surface area (Å²) in [6.07, 6.45) is 3.50. The van der Waals surface area contributed by atoms with Crippen molar-refractivity contribution in [3.63, 3.8) is 0 Å². The van der Waals surface area contributed by atoms with E-state index in [1.165, 1.54) is 0 Å². The van der Waals surface area contributed by atoms with E-state index in [4.69, 9.17) is 18.9 Å². The van der Waals surface area contributed by atoms with Crippen LogP contribution in [0.1, 0.15) is 33.2 Å². The van der Waals surface area contributed by atoms with Gasteiger partial charge in [-0.05, 0) is 67.1 Å². The first-order chi connectivity index (χ1) is 16.5. The molecule has 0 aromatic heterocycles. The van der Waals surface area contributed by atoms with Crippen LogP contribution >= 0.6 is 0 Å². The smallest absolute Gasteiger partial charge is 0.231 e. The molecule has 0 radical (unpaired) electrons. The van der Waals surface area contributed by atoms with E-state index in [1.54, 1.807) is 55.7 Å². The van der Waals surface area contributed by atoms with Gasteiger partial charge in [0.2, 0.25) is 5.78 Å². The molecule has 0 bridgehead atoms. The molecule has 2 aliphatic heterocycles. The van der Waals surface area contributed by atoms with Gasteiger partial charge in [0.15, 0.2) is 18.1 Å². The Hall–Kier alpha value is -4.32. The molecule has 1 atom stereocenters. The van der Waals surface area contributed by atoms with E-state index in [0.29, 0.717) is 28.4 Å². The zero-order valence-electron chi connectivity index (χ0n) is 18.7. The van der Waals surface area contributed by atoms with Crippen molar-refractivity contribution < 1.29 is 28.5 Å². The van der Waals surface area contributed by atoms with Gasteiger partial charge in [0.1, 0.15) is 29.1 Å². The molecular weight excluding hydrogens is 432 g/mol. The van der Waals surface area contributed by atoms with Gasteiger partial charge in [-0.15, -0.1) is 0 Å². The van der Waals surface area contributed by atoms with Crippen LogP contribution in [0.25, 0.3) is 6.08 Å². The molecular formula is C28H22O6. The quantitative estimate of drug-likeness (QED) is 0.373. The molecule has 0 amide bonds. The van der Waals surface area contributed by atoms with Crippen molar-refractivity contribution in [3.05, 3.63) is 101 Å². The Morgan fingerprint density at radius 2 is 1.76 bits per heavy atom. The number of allylic oxidation sites excluding steroid dienone is 1. The van der Waals surface area contributed by atoms with Gasteiger partial charge in [0, 0.05) is 17.2 Å². The van der Waals surface area contributed by atoms with Crippen molar-refractivity contribution >= 4 is 17.6 Å². The summed E-state index contributed by atoms with van der Waals surface area (Å²) in [4.78, 5) is 25.3. The van der Waals surface area contributed by atoms with Crippen LogP contribution in [0, 0.1) is 0 Å². The van der Waals surface area contributed by atoms with Gasteiger partial charge in [0.25, 0.3) is 0 Å². The van der Waals surface area contributed by atoms with Crippen molar-refractivity contribution in [1.82, 2.24) is 0 Å². The largest absolute Gasteiger partial charge is 0.497 e. The highest BCUT2D eigenvalue weighted by Crippen LogP contribution is 2.36. The molecule has 34 heavy (non-hydrogen) atoms. The summed E-state index contributed by atoms with van der Waals surface area (Å²) < 4.78 is 22.6. The fourth-order valence-corrected chi connectivity index (χ4v) is 3.84. The van der Waals surface area contributed by atoms with Crippen molar-refractivity contribution in [3.8, 4) is 23.0 Å². The van der Waals surface area contributed by atoms with Crippen LogP contribution in [0.3, 0.4) is 0 Å². The van der Waals surface area contributed by atoms with Gasteiger partial charge in [-0.1, -0.05) is 18.2 Å². The average molecular weight is 454 g/mol. The van der Waals surface area contributed by atoms with Crippen LogP contribution in [-0.2, 0) is 0 Å². The minimum atomic E-state index is -0.217. The van der Waals surface area contributed by atoms with Crippen molar-refractivity contribution in [1.29, 1.82) is 0 Å². The molecule has 2 aliphatic rings. The van der Waals surface area contributed by atoms with Crippen LogP contribution in [0.15, 0.2) is 84.1 Å². The number of ketones is 2. The van der Waals surface area contributed by atoms with E-state index in [2.05, 4.69) is 0 Å². The molecule has 3 aromatic rings. The maximum atomic E-state index is 12.9. The van der Waals surface area contributed by atoms with Crippen molar-refractivity contribution in [2.24, 2.45) is 0 Å². The van der Waals surface area contributed by atoms with E-state index in [9.17, 15) is 9.59 Å². The molecule has 0 aliphatic carbocycles. The monoisotopic (exact) mass is 454 g/mol. The summed E-state index contributed by atoms with van der Waals surface area (Å²) in [6.45, 7) is 1.79. The molecule has 2 heterocycles. The van der Waals surface area contributed by atoms with Gasteiger partial charge in [-0.2, -0.15) is 0 Å². The number of Topliss-reactive ketones (excluding diaryl/α,β-unsaturated/α-hetero) is 2. The molecule has 0 saturated heterocycles. The highest BCUT2D eigenvalue weighted by molar-refractivity contribution is 6.12. The molecule has 1 unspecified atom stereocenters. The molecule has 6 nitrogen and oxygen atoms in total. The van der Waals surface area contributed by atoms with Crippen LogP contribution in [0.4, 0.5) is 0 Å². The third kappa shape index (κ3) is 4.18. The third-order valence-corrected chi connectivity index (χ3v) is 5.74. The lowest BCUT2D eigenvalue weighted by molar-refractivity contribution is 0.0920. The lowest BCUT2D eigenvalue weighted by atomic mass is 10.0. The van der Waals surface area contributed by atoms with E-state index in [0.717, 1.165) is 16.9 Å². The van der Waals surface area contributed by atoms with Gasteiger partial charge in [-0.25, -0.2) is 0 Å². The summed E-state index contributed by atoms with van der Waals surface area (Å²) in [5, 5.41) is 0. The molecule has 0 saturated carbocycles. The lowest BCUT2D eigenvalue weighted by Gasteiger charge is -2.22. The number of benzene rings is 3. The number of para-hydroxylation sites is 1. The molecule has 0 spiro atoms.